The van der Waals surface area contributed by atoms with Crippen molar-refractivity contribution in [3.8, 4) is 11.3 Å². The van der Waals surface area contributed by atoms with Crippen LogP contribution in [0.4, 0.5) is 0 Å². The van der Waals surface area contributed by atoms with Crippen LogP contribution in [-0.2, 0) is 13.5 Å². The molecule has 1 aromatic carbocycles. The van der Waals surface area contributed by atoms with Crippen LogP contribution in [0.15, 0.2) is 30.5 Å². The van der Waals surface area contributed by atoms with Gasteiger partial charge in [-0.1, -0.05) is 0 Å². The Morgan fingerprint density at radius 3 is 2.32 bits per heavy atom. The fourth-order valence-corrected chi connectivity index (χ4v) is 8.03. The van der Waals surface area contributed by atoms with Crippen molar-refractivity contribution in [2.75, 3.05) is 0 Å². The van der Waals surface area contributed by atoms with Gasteiger partial charge >= 0.3 is 157 Å². The van der Waals surface area contributed by atoms with Crippen LogP contribution < -0.4 is 8.96 Å². The van der Waals surface area contributed by atoms with E-state index in [1.807, 2.05) is 0 Å². The van der Waals surface area contributed by atoms with Crippen molar-refractivity contribution in [3.05, 3.63) is 47.2 Å². The normalized spacial score (nSPS) is 15.8. The number of aromatic nitrogens is 1. The molecule has 1 aromatic heterocycles. The van der Waals surface area contributed by atoms with Crippen LogP contribution in [0.25, 0.3) is 11.3 Å². The van der Waals surface area contributed by atoms with Crippen LogP contribution in [0.1, 0.15) is 42.4 Å². The second kappa shape index (κ2) is 7.27. The summed E-state index contributed by atoms with van der Waals surface area (Å²) in [6.07, 6.45) is 9.48. The molecule has 0 unspecified atom stereocenters. The molecule has 1 nitrogen and oxygen atoms in total. The van der Waals surface area contributed by atoms with Crippen molar-refractivity contribution in [1.82, 2.24) is 0 Å². The summed E-state index contributed by atoms with van der Waals surface area (Å²) >= 11 is -1.89. The van der Waals surface area contributed by atoms with Gasteiger partial charge in [-0.25, -0.2) is 0 Å². The topological polar surface area (TPSA) is 3.88 Å². The fourth-order valence-electron chi connectivity index (χ4n) is 4.43. The van der Waals surface area contributed by atoms with E-state index < -0.39 is 13.3 Å². The van der Waals surface area contributed by atoms with E-state index in [0.717, 1.165) is 5.92 Å². The van der Waals surface area contributed by atoms with Crippen LogP contribution in [0.2, 0.25) is 17.3 Å². The van der Waals surface area contributed by atoms with Crippen molar-refractivity contribution in [2.24, 2.45) is 13.0 Å². The standard InChI is InChI=1S/C23H34GeN/c1-17-11-12-21(18(2)13-17)23-15-20(14-19-9-7-8-10-19)22(16-25(23)6)24(3,4)5/h11-13,15-16,19H,7-10,14H2,1-6H3/q+1. The molecule has 0 amide bonds. The van der Waals surface area contributed by atoms with Crippen molar-refractivity contribution in [1.29, 1.82) is 0 Å². The van der Waals surface area contributed by atoms with Crippen molar-refractivity contribution < 1.29 is 4.57 Å². The summed E-state index contributed by atoms with van der Waals surface area (Å²) in [5.74, 6) is 8.50. The van der Waals surface area contributed by atoms with Crippen LogP contribution in [0, 0.1) is 19.8 Å². The van der Waals surface area contributed by atoms with E-state index in [9.17, 15) is 0 Å². The van der Waals surface area contributed by atoms with Gasteiger partial charge < -0.3 is 0 Å². The Morgan fingerprint density at radius 1 is 1.04 bits per heavy atom. The molecule has 2 heteroatoms. The minimum atomic E-state index is -1.89. The first-order chi connectivity index (χ1) is 11.8. The molecule has 25 heavy (non-hydrogen) atoms. The third-order valence-corrected chi connectivity index (χ3v) is 10.1. The second-order valence-electron chi connectivity index (χ2n) is 9.13. The van der Waals surface area contributed by atoms with Crippen LogP contribution in [0.5, 0.6) is 0 Å². The molecule has 1 saturated carbocycles. The Balaban J connectivity index is 2.10. The number of rotatable bonds is 4. The third-order valence-electron chi connectivity index (χ3n) is 5.81. The summed E-state index contributed by atoms with van der Waals surface area (Å²) in [4.78, 5) is 0. The minimum absolute atomic E-state index is 0.906. The molecule has 1 heterocycles. The van der Waals surface area contributed by atoms with E-state index in [1.54, 1.807) is 9.96 Å². The first-order valence-corrected chi connectivity index (χ1v) is 17.2. The molecule has 1 aliphatic rings. The van der Waals surface area contributed by atoms with Gasteiger partial charge in [0.1, 0.15) is 0 Å². The van der Waals surface area contributed by atoms with Gasteiger partial charge in [0.2, 0.25) is 0 Å². The zero-order valence-corrected chi connectivity index (χ0v) is 19.0. The molecule has 0 atom stereocenters. The molecule has 0 bridgehead atoms. The van der Waals surface area contributed by atoms with Gasteiger partial charge in [-0.3, -0.25) is 0 Å². The van der Waals surface area contributed by atoms with Gasteiger partial charge in [0, 0.05) is 0 Å². The maximum atomic E-state index is 2.53. The Kier molecular flexibility index (Phi) is 5.43. The van der Waals surface area contributed by atoms with Crippen LogP contribution in [0.3, 0.4) is 0 Å². The predicted molar refractivity (Wildman–Crippen MR) is 111 cm³/mol. The SMILES string of the molecule is Cc1ccc(-c2cc(CC3CCCC3)[c]([Ge]([CH3])([CH3])[CH3])c[n+]2C)c(C)c1. The van der Waals surface area contributed by atoms with Crippen LogP contribution in [-0.4, -0.2) is 13.3 Å². The Hall–Kier alpha value is -1.09. The zero-order chi connectivity index (χ0) is 18.2. The van der Waals surface area contributed by atoms with Gasteiger partial charge in [-0.05, 0) is 0 Å². The number of hydrogen-bond donors (Lipinski definition) is 0. The van der Waals surface area contributed by atoms with Crippen LogP contribution >= 0.6 is 0 Å². The average molecular weight is 397 g/mol. The maximum absolute atomic E-state index is 2.53. The van der Waals surface area contributed by atoms with E-state index in [-0.39, 0.29) is 0 Å². The molecule has 0 spiro atoms. The number of aryl methyl sites for hydroxylation is 3. The Morgan fingerprint density at radius 2 is 1.72 bits per heavy atom. The summed E-state index contributed by atoms with van der Waals surface area (Å²) < 4.78 is 4.07. The summed E-state index contributed by atoms with van der Waals surface area (Å²) in [6.45, 7) is 4.42. The number of pyridine rings is 1. The molecule has 134 valence electrons. The fraction of sp³-hybridized carbons (Fsp3) is 0.522. The van der Waals surface area contributed by atoms with E-state index in [0.29, 0.717) is 0 Å². The Labute approximate surface area is 156 Å². The number of benzene rings is 1. The van der Waals surface area contributed by atoms with E-state index >= 15 is 0 Å². The van der Waals surface area contributed by atoms with E-state index in [1.165, 1.54) is 54.5 Å². The average Bonchev–Trinajstić information content (AvgIpc) is 3.01. The summed E-state index contributed by atoms with van der Waals surface area (Å²) in [5.41, 5.74) is 7.13. The summed E-state index contributed by atoms with van der Waals surface area (Å²) in [7, 11) is 2.23. The molecule has 2 aromatic rings. The molecule has 1 fully saturated rings. The molecular formula is C23H34GeN+. The third kappa shape index (κ3) is 4.19. The Bertz CT molecular complexity index is 764. The van der Waals surface area contributed by atoms with E-state index in [4.69, 9.17) is 0 Å². The summed E-state index contributed by atoms with van der Waals surface area (Å²) in [5, 5.41) is 0. The zero-order valence-electron chi connectivity index (χ0n) is 16.9. The van der Waals surface area contributed by atoms with Gasteiger partial charge in [-0.15, -0.1) is 0 Å². The van der Waals surface area contributed by atoms with Gasteiger partial charge in [-0.2, -0.15) is 0 Å². The molecule has 0 aliphatic heterocycles. The monoisotopic (exact) mass is 398 g/mol. The van der Waals surface area contributed by atoms with Crippen molar-refractivity contribution >= 4 is 17.7 Å². The van der Waals surface area contributed by atoms with Gasteiger partial charge in [0.05, 0.1) is 0 Å². The molecule has 0 saturated heterocycles. The molecule has 1 aliphatic carbocycles. The van der Waals surface area contributed by atoms with Gasteiger partial charge in [0.15, 0.2) is 0 Å². The number of nitrogens with zero attached hydrogens (tertiary/aromatic N) is 1. The number of hydrogen-bond acceptors (Lipinski definition) is 0. The molecular weight excluding hydrogens is 363 g/mol. The second-order valence-corrected chi connectivity index (χ2v) is 19.7. The molecule has 0 N–H and O–H groups in total. The van der Waals surface area contributed by atoms with E-state index in [2.05, 4.69) is 73.2 Å². The first kappa shape index (κ1) is 18.7. The van der Waals surface area contributed by atoms with Gasteiger partial charge in [0.25, 0.3) is 0 Å². The van der Waals surface area contributed by atoms with Crippen molar-refractivity contribution in [3.63, 3.8) is 0 Å². The van der Waals surface area contributed by atoms with Crippen molar-refractivity contribution in [2.45, 2.75) is 63.2 Å². The summed E-state index contributed by atoms with van der Waals surface area (Å²) in [6, 6.07) is 9.38. The molecule has 3 rings (SSSR count). The predicted octanol–water partition coefficient (Wildman–Crippen LogP) is 5.07. The quantitative estimate of drug-likeness (QED) is 0.501. The first-order valence-electron chi connectivity index (χ1n) is 9.86. The molecule has 0 radical (unpaired) electrons.